The molecule has 15 nitrogen and oxygen atoms in total. The van der Waals surface area contributed by atoms with Crippen molar-refractivity contribution in [2.45, 2.75) is 109 Å². The van der Waals surface area contributed by atoms with Crippen molar-refractivity contribution in [2.24, 2.45) is 11.3 Å². The summed E-state index contributed by atoms with van der Waals surface area (Å²) in [5.41, 5.74) is -3.23. The highest BCUT2D eigenvalue weighted by atomic mass is 32.2. The molecule has 1 unspecified atom stereocenters. The lowest BCUT2D eigenvalue weighted by Gasteiger charge is -2.36. The first-order valence-corrected chi connectivity index (χ1v) is 18.7. The second-order valence-electron chi connectivity index (χ2n) is 15.4. The Balaban J connectivity index is 0.00000605. The van der Waals surface area contributed by atoms with Gasteiger partial charge >= 0.3 is 6.09 Å². The van der Waals surface area contributed by atoms with E-state index in [1.165, 1.54) is 11.0 Å². The third kappa shape index (κ3) is 8.37. The van der Waals surface area contributed by atoms with Crippen molar-refractivity contribution in [3.8, 4) is 11.8 Å². The van der Waals surface area contributed by atoms with Crippen LogP contribution in [0.1, 0.15) is 75.6 Å². The van der Waals surface area contributed by atoms with E-state index in [1.807, 2.05) is 25.1 Å². The molecule has 2 heterocycles. The van der Waals surface area contributed by atoms with E-state index in [9.17, 15) is 27.6 Å². The van der Waals surface area contributed by atoms with Crippen molar-refractivity contribution in [2.75, 3.05) is 13.2 Å². The van der Waals surface area contributed by atoms with E-state index in [1.54, 1.807) is 47.6 Å². The molecule has 2 saturated carbocycles. The summed E-state index contributed by atoms with van der Waals surface area (Å²) in [6, 6.07) is 4.94. The van der Waals surface area contributed by atoms with Gasteiger partial charge in [0.1, 0.15) is 29.3 Å². The van der Waals surface area contributed by atoms with Crippen LogP contribution in [0.4, 0.5) is 4.79 Å². The summed E-state index contributed by atoms with van der Waals surface area (Å²) in [5, 5.41) is 14.5. The predicted octanol–water partition coefficient (Wildman–Crippen LogP) is 3.23. The highest BCUT2D eigenvalue weighted by Crippen LogP contribution is 2.45. The van der Waals surface area contributed by atoms with Crippen LogP contribution in [0.2, 0.25) is 0 Å². The van der Waals surface area contributed by atoms with E-state index in [0.29, 0.717) is 36.1 Å². The van der Waals surface area contributed by atoms with Crippen molar-refractivity contribution in [3.05, 3.63) is 36.9 Å². The fourth-order valence-electron chi connectivity index (χ4n) is 6.18. The van der Waals surface area contributed by atoms with Gasteiger partial charge in [0.05, 0.1) is 29.2 Å². The Morgan fingerprint density at radius 2 is 1.71 bits per heavy atom. The Hall–Kier alpha value is -4.47. The Bertz CT molecular complexity index is 1820. The van der Waals surface area contributed by atoms with E-state index >= 15 is 0 Å². The minimum absolute atomic E-state index is 0. The number of rotatable bonds is 12. The zero-order valence-electron chi connectivity index (χ0n) is 30.1. The van der Waals surface area contributed by atoms with Gasteiger partial charge in [-0.3, -0.25) is 19.1 Å². The normalized spacial score (nSPS) is 23.9. The largest absolute Gasteiger partial charge is 0.476 e. The third-order valence-corrected chi connectivity index (χ3v) is 10.9. The van der Waals surface area contributed by atoms with Crippen LogP contribution in [0.15, 0.2) is 36.9 Å². The molecule has 280 valence electrons. The average Bonchev–Trinajstić information content (AvgIpc) is 3.96. The summed E-state index contributed by atoms with van der Waals surface area (Å²) in [5.74, 6) is -2.15. The number of hydrogen-bond acceptors (Lipinski definition) is 11. The summed E-state index contributed by atoms with van der Waals surface area (Å²) in [6.07, 6.45) is 0.940. The number of fused-ring (bicyclic) bond motifs is 1. The molecular formula is C35H50N6O9S. The number of ether oxygens (including phenoxy) is 3. The second-order valence-corrected chi connectivity index (χ2v) is 17.4. The quantitative estimate of drug-likeness (QED) is 0.271. The van der Waals surface area contributed by atoms with Gasteiger partial charge in [-0.1, -0.05) is 39.0 Å². The number of aromatic nitrogens is 2. The second kappa shape index (κ2) is 13.9. The number of amides is 4. The molecule has 2 aliphatic carbocycles. The standard InChI is InChI=1S/C35H48N6O9S.H2/c1-9-20-18-35(20,31(44)40-51(46,47)22-15-16-22)37-27(42)25-17-21(49-29-24-14-12-11-13-23(24)28(38-39-29)48-10-2)19-41(25)30(43)26(33(3,4)5)36-32(45)50-34(6,7)8;/h9,11-14,20-22,25-26H,1,10,15-19H2,2-8H3,(H,36,45)(H,37,42)(H,40,44);1H/t20?,21-,25+,26-,35-;/m1./s1. The molecule has 3 N–H and O–H groups in total. The van der Waals surface area contributed by atoms with Crippen LogP contribution in [0.3, 0.4) is 0 Å². The molecule has 5 rings (SSSR count). The smallest absolute Gasteiger partial charge is 0.408 e. The molecular weight excluding hydrogens is 680 g/mol. The Morgan fingerprint density at radius 1 is 1.08 bits per heavy atom. The van der Waals surface area contributed by atoms with Crippen molar-refractivity contribution >= 4 is 44.6 Å². The molecule has 0 radical (unpaired) electrons. The zero-order valence-corrected chi connectivity index (χ0v) is 31.0. The van der Waals surface area contributed by atoms with Crippen LogP contribution >= 0.6 is 0 Å². The molecule has 0 spiro atoms. The van der Waals surface area contributed by atoms with Crippen LogP contribution in [0, 0.1) is 11.3 Å². The lowest BCUT2D eigenvalue weighted by atomic mass is 9.85. The minimum atomic E-state index is -3.90. The number of hydrogen-bond donors (Lipinski definition) is 3. The van der Waals surface area contributed by atoms with E-state index in [4.69, 9.17) is 14.2 Å². The van der Waals surface area contributed by atoms with Gasteiger partial charge in [0.25, 0.3) is 5.91 Å². The molecule has 5 atom stereocenters. The van der Waals surface area contributed by atoms with Gasteiger partial charge < -0.3 is 29.7 Å². The zero-order chi connectivity index (χ0) is 37.5. The van der Waals surface area contributed by atoms with Crippen LogP contribution in [0.25, 0.3) is 10.8 Å². The van der Waals surface area contributed by atoms with Gasteiger partial charge in [-0.05, 0) is 64.5 Å². The number of nitrogens with zero attached hydrogens (tertiary/aromatic N) is 3. The Kier molecular flexibility index (Phi) is 10.3. The van der Waals surface area contributed by atoms with E-state index in [0.717, 1.165) is 0 Å². The first-order chi connectivity index (χ1) is 23.8. The highest BCUT2D eigenvalue weighted by molar-refractivity contribution is 7.91. The molecule has 3 fully saturated rings. The SMILES string of the molecule is C=CC1C[C@]1(NC(=O)[C@@H]1C[C@@H](Oc2nnc(OCC)c3ccccc23)CN1C(=O)[C@@H](NC(=O)OC(C)(C)C)C(C)(C)C)C(=O)NS(=O)(=O)C1CC1.[HH]. The monoisotopic (exact) mass is 730 g/mol. The van der Waals surface area contributed by atoms with Crippen molar-refractivity contribution in [1.82, 2.24) is 30.5 Å². The van der Waals surface area contributed by atoms with Crippen molar-refractivity contribution in [3.63, 3.8) is 0 Å². The Morgan fingerprint density at radius 3 is 2.25 bits per heavy atom. The predicted molar refractivity (Wildman–Crippen MR) is 189 cm³/mol. The molecule has 1 aromatic carbocycles. The van der Waals surface area contributed by atoms with Crippen molar-refractivity contribution in [1.29, 1.82) is 0 Å². The molecule has 2 aromatic rings. The fourth-order valence-corrected chi connectivity index (χ4v) is 7.54. The number of benzene rings is 1. The minimum Gasteiger partial charge on any atom is -0.476 e. The average molecular weight is 731 g/mol. The number of carbonyl (C=O) groups excluding carboxylic acids is 4. The van der Waals surface area contributed by atoms with Crippen molar-refractivity contribution < 1.29 is 43.2 Å². The number of nitrogens with one attached hydrogen (secondary N) is 3. The summed E-state index contributed by atoms with van der Waals surface area (Å²) >= 11 is 0. The molecule has 4 amide bonds. The molecule has 1 aliphatic heterocycles. The number of carbonyl (C=O) groups is 4. The molecule has 0 bridgehead atoms. The maximum atomic E-state index is 14.4. The van der Waals surface area contributed by atoms with Crippen LogP contribution in [-0.2, 0) is 29.1 Å². The lowest BCUT2D eigenvalue weighted by molar-refractivity contribution is -0.143. The van der Waals surface area contributed by atoms with Gasteiger partial charge in [0, 0.05) is 13.8 Å². The number of alkyl carbamates (subject to hydrolysis) is 1. The van der Waals surface area contributed by atoms with Crippen LogP contribution in [0.5, 0.6) is 11.8 Å². The molecule has 3 aliphatic rings. The maximum absolute atomic E-state index is 14.4. The molecule has 51 heavy (non-hydrogen) atoms. The third-order valence-electron chi connectivity index (χ3n) is 9.05. The van der Waals surface area contributed by atoms with Crippen LogP contribution in [-0.4, -0.2) is 95.1 Å². The highest BCUT2D eigenvalue weighted by Gasteiger charge is 2.62. The van der Waals surface area contributed by atoms with Gasteiger partial charge in [0.2, 0.25) is 33.6 Å². The van der Waals surface area contributed by atoms with E-state index in [-0.39, 0.29) is 26.7 Å². The molecule has 16 heteroatoms. The number of likely N-dealkylation sites (tertiary alicyclic amines) is 1. The van der Waals surface area contributed by atoms with Gasteiger partial charge in [0.15, 0.2) is 0 Å². The summed E-state index contributed by atoms with van der Waals surface area (Å²) < 4.78 is 44.9. The lowest BCUT2D eigenvalue weighted by Crippen LogP contribution is -2.60. The summed E-state index contributed by atoms with van der Waals surface area (Å²) in [7, 11) is -3.90. The molecule has 1 saturated heterocycles. The van der Waals surface area contributed by atoms with Crippen LogP contribution < -0.4 is 24.8 Å². The van der Waals surface area contributed by atoms with Gasteiger partial charge in [-0.25, -0.2) is 13.2 Å². The Labute approximate surface area is 299 Å². The van der Waals surface area contributed by atoms with Gasteiger partial charge in [-0.15, -0.1) is 16.8 Å². The number of sulfonamides is 1. The van der Waals surface area contributed by atoms with E-state index in [2.05, 4.69) is 32.1 Å². The van der Waals surface area contributed by atoms with Gasteiger partial charge in [-0.2, -0.15) is 0 Å². The first-order valence-electron chi connectivity index (χ1n) is 17.1. The fraction of sp³-hybridized carbons (Fsp3) is 0.600. The maximum Gasteiger partial charge on any atom is 0.408 e. The summed E-state index contributed by atoms with van der Waals surface area (Å²) in [4.78, 5) is 56.3. The molecule has 1 aromatic heterocycles. The summed E-state index contributed by atoms with van der Waals surface area (Å²) in [6.45, 7) is 16.3. The topological polar surface area (TPSA) is 195 Å². The first kappa shape index (κ1) is 37.8. The van der Waals surface area contributed by atoms with E-state index < -0.39 is 79.7 Å².